The average Bonchev–Trinajstić information content (AvgIpc) is 2.41. The molecule has 0 aliphatic carbocycles. The van der Waals surface area contributed by atoms with E-state index in [0.717, 1.165) is 24.2 Å². The minimum Gasteiger partial charge on any atom is -0.494 e. The van der Waals surface area contributed by atoms with Gasteiger partial charge < -0.3 is 9.47 Å². The first-order valence-electron chi connectivity index (χ1n) is 6.50. The predicted molar refractivity (Wildman–Crippen MR) is 76.8 cm³/mol. The lowest BCUT2D eigenvalue weighted by Gasteiger charge is -2.11. The molecule has 0 N–H and O–H groups in total. The molecule has 0 aromatic heterocycles. The average molecular weight is 285 g/mol. The van der Waals surface area contributed by atoms with Gasteiger partial charge in [-0.3, -0.25) is 4.79 Å². The first-order valence-corrected chi connectivity index (χ1v) is 7.03. The fourth-order valence-electron chi connectivity index (χ4n) is 1.65. The summed E-state index contributed by atoms with van der Waals surface area (Å²) >= 11 is 5.68. The second-order valence-corrected chi connectivity index (χ2v) is 4.99. The largest absolute Gasteiger partial charge is 0.494 e. The maximum Gasteiger partial charge on any atom is 0.309 e. The van der Waals surface area contributed by atoms with E-state index in [0.29, 0.717) is 24.8 Å². The smallest absolute Gasteiger partial charge is 0.309 e. The van der Waals surface area contributed by atoms with Crippen LogP contribution >= 0.6 is 11.6 Å². The maximum atomic E-state index is 11.1. The van der Waals surface area contributed by atoms with E-state index >= 15 is 0 Å². The Morgan fingerprint density at radius 3 is 2.53 bits per heavy atom. The minimum absolute atomic E-state index is 0.233. The van der Waals surface area contributed by atoms with Gasteiger partial charge in [-0.05, 0) is 36.5 Å². The van der Waals surface area contributed by atoms with E-state index < -0.39 is 0 Å². The molecule has 19 heavy (non-hydrogen) atoms. The van der Waals surface area contributed by atoms with E-state index in [4.69, 9.17) is 16.3 Å². The third-order valence-electron chi connectivity index (χ3n) is 2.98. The molecule has 1 aromatic rings. The number of carbonyl (C=O) groups excluding carboxylic acids is 1. The zero-order valence-electron chi connectivity index (χ0n) is 11.5. The molecule has 4 heteroatoms. The van der Waals surface area contributed by atoms with Crippen molar-refractivity contribution in [2.75, 3.05) is 19.6 Å². The Morgan fingerprint density at radius 2 is 1.95 bits per heavy atom. The van der Waals surface area contributed by atoms with E-state index in [-0.39, 0.29) is 5.97 Å². The zero-order chi connectivity index (χ0) is 14.1. The van der Waals surface area contributed by atoms with Crippen LogP contribution in [-0.2, 0) is 16.0 Å². The molecule has 0 aliphatic rings. The number of halogens is 1. The summed E-state index contributed by atoms with van der Waals surface area (Å²) in [4.78, 5) is 11.1. The molecule has 0 radical (unpaired) electrons. The molecule has 0 bridgehead atoms. The van der Waals surface area contributed by atoms with Gasteiger partial charge >= 0.3 is 5.97 Å². The van der Waals surface area contributed by atoms with Gasteiger partial charge in [-0.1, -0.05) is 19.1 Å². The quantitative estimate of drug-likeness (QED) is 0.542. The molecule has 0 fully saturated rings. The van der Waals surface area contributed by atoms with Crippen LogP contribution in [0.15, 0.2) is 24.3 Å². The van der Waals surface area contributed by atoms with Crippen LogP contribution in [0.5, 0.6) is 5.75 Å². The fraction of sp³-hybridized carbons (Fsp3) is 0.533. The molecule has 0 amide bonds. The molecule has 1 atom stereocenters. The highest BCUT2D eigenvalue weighted by Crippen LogP contribution is 2.15. The molecule has 0 aliphatic heterocycles. The summed E-state index contributed by atoms with van der Waals surface area (Å²) < 4.78 is 10.3. The van der Waals surface area contributed by atoms with Crippen LogP contribution in [0.4, 0.5) is 0 Å². The van der Waals surface area contributed by atoms with Gasteiger partial charge in [-0.25, -0.2) is 0 Å². The topological polar surface area (TPSA) is 35.5 Å². The summed E-state index contributed by atoms with van der Waals surface area (Å²) in [5.74, 6) is 1.87. The molecular weight excluding hydrogens is 264 g/mol. The molecular formula is C15H21ClO3. The van der Waals surface area contributed by atoms with E-state index in [2.05, 4.69) is 11.7 Å². The normalized spacial score (nSPS) is 11.9. The molecule has 0 saturated heterocycles. The summed E-state index contributed by atoms with van der Waals surface area (Å²) in [5.41, 5.74) is 0.926. The monoisotopic (exact) mass is 284 g/mol. The van der Waals surface area contributed by atoms with Gasteiger partial charge in [-0.15, -0.1) is 11.6 Å². The van der Waals surface area contributed by atoms with Crippen molar-refractivity contribution in [1.82, 2.24) is 0 Å². The van der Waals surface area contributed by atoms with Gasteiger partial charge in [0.25, 0.3) is 0 Å². The summed E-state index contributed by atoms with van der Waals surface area (Å²) in [5, 5.41) is 0. The third kappa shape index (κ3) is 6.48. The summed E-state index contributed by atoms with van der Waals surface area (Å²) in [6.45, 7) is 2.86. The number of hydrogen-bond donors (Lipinski definition) is 0. The molecule has 0 heterocycles. The lowest BCUT2D eigenvalue weighted by molar-refractivity contribution is -0.139. The van der Waals surface area contributed by atoms with Crippen molar-refractivity contribution in [2.45, 2.75) is 26.2 Å². The Bertz CT molecular complexity index is 375. The second kappa shape index (κ2) is 8.81. The highest BCUT2D eigenvalue weighted by Gasteiger charge is 2.04. The van der Waals surface area contributed by atoms with Crippen molar-refractivity contribution in [3.63, 3.8) is 0 Å². The van der Waals surface area contributed by atoms with Gasteiger partial charge in [0.1, 0.15) is 5.75 Å². The molecule has 0 saturated carbocycles. The summed E-state index contributed by atoms with van der Waals surface area (Å²) in [7, 11) is 1.39. The Morgan fingerprint density at radius 1 is 1.26 bits per heavy atom. The van der Waals surface area contributed by atoms with Gasteiger partial charge in [0, 0.05) is 5.88 Å². The lowest BCUT2D eigenvalue weighted by Crippen LogP contribution is -2.06. The number of esters is 1. The van der Waals surface area contributed by atoms with Gasteiger partial charge in [0.2, 0.25) is 0 Å². The number of methoxy groups -OCH3 is 1. The first-order chi connectivity index (χ1) is 9.15. The Balaban J connectivity index is 2.34. The van der Waals surface area contributed by atoms with Crippen LogP contribution in [0.2, 0.25) is 0 Å². The number of rotatable bonds is 8. The lowest BCUT2D eigenvalue weighted by atomic mass is 10.1. The fourth-order valence-corrected chi connectivity index (χ4v) is 2.02. The van der Waals surface area contributed by atoms with Crippen LogP contribution in [0.1, 0.15) is 25.3 Å². The van der Waals surface area contributed by atoms with Crippen LogP contribution < -0.4 is 4.74 Å². The zero-order valence-corrected chi connectivity index (χ0v) is 12.3. The van der Waals surface area contributed by atoms with Crippen molar-refractivity contribution in [2.24, 2.45) is 5.92 Å². The van der Waals surface area contributed by atoms with Gasteiger partial charge in [0.15, 0.2) is 0 Å². The standard InChI is InChI=1S/C15H21ClO3/c1-12(7-9-16)8-10-19-14-5-3-13(4-6-14)11-15(17)18-2/h3-6,12H,7-11H2,1-2H3. The summed E-state index contributed by atoms with van der Waals surface area (Å²) in [6.07, 6.45) is 2.31. The van der Waals surface area contributed by atoms with E-state index in [1.54, 1.807) is 0 Å². The molecule has 3 nitrogen and oxygen atoms in total. The van der Waals surface area contributed by atoms with E-state index in [1.807, 2.05) is 24.3 Å². The Kier molecular flexibility index (Phi) is 7.34. The van der Waals surface area contributed by atoms with Crippen LogP contribution in [-0.4, -0.2) is 25.6 Å². The summed E-state index contributed by atoms with van der Waals surface area (Å²) in [6, 6.07) is 7.53. The number of hydrogen-bond acceptors (Lipinski definition) is 3. The van der Waals surface area contributed by atoms with Crippen molar-refractivity contribution >= 4 is 17.6 Å². The molecule has 106 valence electrons. The number of ether oxygens (including phenoxy) is 2. The molecule has 0 spiro atoms. The van der Waals surface area contributed by atoms with Gasteiger partial charge in [-0.2, -0.15) is 0 Å². The molecule has 1 rings (SSSR count). The minimum atomic E-state index is -0.233. The van der Waals surface area contributed by atoms with Crippen LogP contribution in [0.25, 0.3) is 0 Å². The highest BCUT2D eigenvalue weighted by molar-refractivity contribution is 6.17. The van der Waals surface area contributed by atoms with Crippen molar-refractivity contribution in [3.05, 3.63) is 29.8 Å². The molecule has 1 aromatic carbocycles. The van der Waals surface area contributed by atoms with Crippen molar-refractivity contribution in [1.29, 1.82) is 0 Å². The van der Waals surface area contributed by atoms with Crippen LogP contribution in [0.3, 0.4) is 0 Å². The van der Waals surface area contributed by atoms with Crippen LogP contribution in [0, 0.1) is 5.92 Å². The van der Waals surface area contributed by atoms with Gasteiger partial charge in [0.05, 0.1) is 20.1 Å². The molecule has 1 unspecified atom stereocenters. The third-order valence-corrected chi connectivity index (χ3v) is 3.20. The van der Waals surface area contributed by atoms with E-state index in [1.165, 1.54) is 7.11 Å². The maximum absolute atomic E-state index is 11.1. The first kappa shape index (κ1) is 15.8. The number of benzene rings is 1. The second-order valence-electron chi connectivity index (χ2n) is 4.62. The van der Waals surface area contributed by atoms with E-state index in [9.17, 15) is 4.79 Å². The number of alkyl halides is 1. The Labute approximate surface area is 119 Å². The van der Waals surface area contributed by atoms with Crippen molar-refractivity contribution < 1.29 is 14.3 Å². The Hall–Kier alpha value is -1.22. The number of carbonyl (C=O) groups is 1. The highest BCUT2D eigenvalue weighted by atomic mass is 35.5. The van der Waals surface area contributed by atoms with Crippen molar-refractivity contribution in [3.8, 4) is 5.75 Å². The predicted octanol–water partition coefficient (Wildman–Crippen LogP) is 3.44. The SMILES string of the molecule is COC(=O)Cc1ccc(OCCC(C)CCCl)cc1.